The maximum absolute atomic E-state index is 11.4. The number of carbonyl (C=O) groups is 1. The minimum Gasteiger partial charge on any atom is -0.507 e. The van der Waals surface area contributed by atoms with E-state index in [-0.39, 0.29) is 17.4 Å². The van der Waals surface area contributed by atoms with Gasteiger partial charge < -0.3 is 15.6 Å². The summed E-state index contributed by atoms with van der Waals surface area (Å²) in [5.41, 5.74) is 5.99. The van der Waals surface area contributed by atoms with Gasteiger partial charge in [-0.2, -0.15) is 0 Å². The van der Waals surface area contributed by atoms with Crippen molar-refractivity contribution in [2.45, 2.75) is 20.0 Å². The maximum Gasteiger partial charge on any atom is 0.342 e. The van der Waals surface area contributed by atoms with Crippen LogP contribution in [0.25, 0.3) is 0 Å². The Balaban J connectivity index is 2.94. The molecule has 0 aliphatic rings. The Labute approximate surface area is 82.3 Å². The molecule has 1 rings (SSSR count). The number of nitrogens with two attached hydrogens (primary N) is 1. The fourth-order valence-electron chi connectivity index (χ4n) is 0.995. The minimum absolute atomic E-state index is 0.0960. The van der Waals surface area contributed by atoms with Crippen molar-refractivity contribution in [2.24, 2.45) is 0 Å². The second-order valence-electron chi connectivity index (χ2n) is 3.23. The number of benzene rings is 1. The molecule has 0 saturated heterocycles. The number of hydrogen-bond donors (Lipinski definition) is 2. The Morgan fingerprint density at radius 1 is 1.50 bits per heavy atom. The summed E-state index contributed by atoms with van der Waals surface area (Å²) in [6, 6.07) is 4.27. The predicted molar refractivity (Wildman–Crippen MR) is 53.1 cm³/mol. The van der Waals surface area contributed by atoms with Crippen LogP contribution in [0.5, 0.6) is 5.75 Å². The van der Waals surface area contributed by atoms with E-state index in [1.807, 2.05) is 0 Å². The molecule has 0 aliphatic carbocycles. The van der Waals surface area contributed by atoms with Crippen LogP contribution in [0.2, 0.25) is 0 Å². The van der Waals surface area contributed by atoms with E-state index in [1.54, 1.807) is 13.8 Å². The first kappa shape index (κ1) is 10.4. The van der Waals surface area contributed by atoms with Gasteiger partial charge in [0, 0.05) is 5.69 Å². The number of esters is 1. The van der Waals surface area contributed by atoms with Crippen LogP contribution in [0, 0.1) is 0 Å². The van der Waals surface area contributed by atoms with Gasteiger partial charge in [0.15, 0.2) is 0 Å². The van der Waals surface area contributed by atoms with Gasteiger partial charge in [-0.1, -0.05) is 0 Å². The molecule has 0 radical (unpaired) electrons. The van der Waals surface area contributed by atoms with Crippen molar-refractivity contribution >= 4 is 11.7 Å². The zero-order chi connectivity index (χ0) is 10.7. The third-order valence-corrected chi connectivity index (χ3v) is 1.58. The summed E-state index contributed by atoms with van der Waals surface area (Å²) in [6.07, 6.45) is -0.219. The number of phenolic OH excluding ortho intramolecular Hbond substituents is 1. The molecular weight excluding hydrogens is 182 g/mol. The molecule has 0 fully saturated rings. The van der Waals surface area contributed by atoms with Gasteiger partial charge in [0.25, 0.3) is 0 Å². The average Bonchev–Trinajstić information content (AvgIpc) is 2.08. The number of rotatable bonds is 2. The quantitative estimate of drug-likeness (QED) is 0.426. The van der Waals surface area contributed by atoms with Gasteiger partial charge in [-0.05, 0) is 32.0 Å². The van der Waals surface area contributed by atoms with Crippen molar-refractivity contribution in [3.63, 3.8) is 0 Å². The Hall–Kier alpha value is -1.71. The van der Waals surface area contributed by atoms with Gasteiger partial charge in [0.2, 0.25) is 0 Å². The molecule has 0 heterocycles. The summed E-state index contributed by atoms with van der Waals surface area (Å²) in [5, 5.41) is 9.36. The van der Waals surface area contributed by atoms with Crippen molar-refractivity contribution in [3.05, 3.63) is 23.8 Å². The van der Waals surface area contributed by atoms with Gasteiger partial charge in [0.05, 0.1) is 6.10 Å². The molecule has 1 aromatic carbocycles. The molecule has 1 aromatic rings. The monoisotopic (exact) mass is 195 g/mol. The van der Waals surface area contributed by atoms with Crippen LogP contribution >= 0.6 is 0 Å². The van der Waals surface area contributed by atoms with Gasteiger partial charge in [-0.25, -0.2) is 4.79 Å². The Morgan fingerprint density at radius 3 is 2.71 bits per heavy atom. The number of anilines is 1. The zero-order valence-corrected chi connectivity index (χ0v) is 8.15. The Kier molecular flexibility index (Phi) is 2.96. The van der Waals surface area contributed by atoms with E-state index in [0.717, 1.165) is 0 Å². The number of phenols is 1. The van der Waals surface area contributed by atoms with Crippen LogP contribution in [-0.2, 0) is 4.74 Å². The Morgan fingerprint density at radius 2 is 2.14 bits per heavy atom. The third kappa shape index (κ3) is 2.39. The fourth-order valence-corrected chi connectivity index (χ4v) is 0.995. The summed E-state index contributed by atoms with van der Waals surface area (Å²) in [5.74, 6) is -0.686. The lowest BCUT2D eigenvalue weighted by Crippen LogP contribution is -2.12. The smallest absolute Gasteiger partial charge is 0.342 e. The summed E-state index contributed by atoms with van der Waals surface area (Å²) < 4.78 is 4.92. The molecule has 76 valence electrons. The van der Waals surface area contributed by atoms with Crippen LogP contribution in [0.1, 0.15) is 24.2 Å². The third-order valence-electron chi connectivity index (χ3n) is 1.58. The van der Waals surface area contributed by atoms with Crippen LogP contribution in [0.3, 0.4) is 0 Å². The van der Waals surface area contributed by atoms with Gasteiger partial charge in [0.1, 0.15) is 11.3 Å². The highest BCUT2D eigenvalue weighted by Gasteiger charge is 2.13. The summed E-state index contributed by atoms with van der Waals surface area (Å²) in [6.45, 7) is 3.47. The van der Waals surface area contributed by atoms with Crippen LogP contribution in [0.4, 0.5) is 5.69 Å². The minimum atomic E-state index is -0.565. The molecule has 0 unspecified atom stereocenters. The molecule has 0 saturated carbocycles. The lowest BCUT2D eigenvalue weighted by molar-refractivity contribution is 0.0375. The van der Waals surface area contributed by atoms with Crippen molar-refractivity contribution in [3.8, 4) is 5.75 Å². The highest BCUT2D eigenvalue weighted by Crippen LogP contribution is 2.20. The molecule has 14 heavy (non-hydrogen) atoms. The van der Waals surface area contributed by atoms with Crippen molar-refractivity contribution < 1.29 is 14.6 Å². The largest absolute Gasteiger partial charge is 0.507 e. The van der Waals surface area contributed by atoms with E-state index >= 15 is 0 Å². The SMILES string of the molecule is CC(C)OC(=O)c1cc(N)ccc1O. The molecule has 0 amide bonds. The second kappa shape index (κ2) is 4.00. The van der Waals surface area contributed by atoms with Gasteiger partial charge in [-0.3, -0.25) is 0 Å². The fraction of sp³-hybridized carbons (Fsp3) is 0.300. The second-order valence-corrected chi connectivity index (χ2v) is 3.23. The first-order valence-electron chi connectivity index (χ1n) is 4.30. The number of nitrogen functional groups attached to an aromatic ring is 1. The molecule has 3 N–H and O–H groups in total. The molecule has 0 atom stereocenters. The van der Waals surface area contributed by atoms with Crippen molar-refractivity contribution in [2.75, 3.05) is 5.73 Å². The predicted octanol–water partition coefficient (Wildman–Crippen LogP) is 1.54. The van der Waals surface area contributed by atoms with Gasteiger partial charge >= 0.3 is 5.97 Å². The number of ether oxygens (including phenoxy) is 1. The molecule has 0 aromatic heterocycles. The lowest BCUT2D eigenvalue weighted by atomic mass is 10.2. The van der Waals surface area contributed by atoms with Crippen molar-refractivity contribution in [1.29, 1.82) is 0 Å². The highest BCUT2D eigenvalue weighted by molar-refractivity contribution is 5.93. The first-order valence-corrected chi connectivity index (χ1v) is 4.30. The van der Waals surface area contributed by atoms with Crippen molar-refractivity contribution in [1.82, 2.24) is 0 Å². The topological polar surface area (TPSA) is 72.5 Å². The van der Waals surface area contributed by atoms with E-state index in [0.29, 0.717) is 5.69 Å². The molecular formula is C10H13NO3. The molecule has 0 spiro atoms. The van der Waals surface area contributed by atoms with Gasteiger partial charge in [-0.15, -0.1) is 0 Å². The van der Waals surface area contributed by atoms with E-state index in [2.05, 4.69) is 0 Å². The maximum atomic E-state index is 11.4. The number of hydrogen-bond acceptors (Lipinski definition) is 4. The van der Waals surface area contributed by atoms with E-state index in [4.69, 9.17) is 10.5 Å². The normalized spacial score (nSPS) is 10.2. The average molecular weight is 195 g/mol. The molecule has 0 aliphatic heterocycles. The number of aromatic hydroxyl groups is 1. The van der Waals surface area contributed by atoms with Crippen LogP contribution < -0.4 is 5.73 Å². The summed E-state index contributed by atoms with van der Waals surface area (Å²) in [7, 11) is 0. The molecule has 4 heteroatoms. The zero-order valence-electron chi connectivity index (χ0n) is 8.15. The van der Waals surface area contributed by atoms with Crippen LogP contribution in [0.15, 0.2) is 18.2 Å². The summed E-state index contributed by atoms with van der Waals surface area (Å²) >= 11 is 0. The summed E-state index contributed by atoms with van der Waals surface area (Å²) in [4.78, 5) is 11.4. The molecule has 4 nitrogen and oxygen atoms in total. The van der Waals surface area contributed by atoms with E-state index < -0.39 is 5.97 Å². The van der Waals surface area contributed by atoms with E-state index in [1.165, 1.54) is 18.2 Å². The lowest BCUT2D eigenvalue weighted by Gasteiger charge is -2.09. The first-order chi connectivity index (χ1) is 6.50. The Bertz CT molecular complexity index is 347. The standard InChI is InChI=1S/C10H13NO3/c1-6(2)14-10(13)8-5-7(11)3-4-9(8)12/h3-6,12H,11H2,1-2H3. The number of carbonyl (C=O) groups excluding carboxylic acids is 1. The molecule has 0 bridgehead atoms. The highest BCUT2D eigenvalue weighted by atomic mass is 16.5. The van der Waals surface area contributed by atoms with E-state index in [9.17, 15) is 9.90 Å². The van der Waals surface area contributed by atoms with Crippen LogP contribution in [-0.4, -0.2) is 17.2 Å².